The van der Waals surface area contributed by atoms with Crippen molar-refractivity contribution in [3.05, 3.63) is 0 Å². The molecule has 2 saturated carbocycles. The molecular formula is C15H28O. The average Bonchev–Trinajstić information content (AvgIpc) is 2.81. The van der Waals surface area contributed by atoms with Gasteiger partial charge < -0.3 is 5.11 Å². The smallest absolute Gasteiger partial charge is 0.0573 e. The zero-order valence-electron chi connectivity index (χ0n) is 10.8. The zero-order valence-corrected chi connectivity index (χ0v) is 10.8. The first kappa shape index (κ1) is 12.4. The Bertz CT molecular complexity index is 196. The van der Waals surface area contributed by atoms with E-state index in [1.165, 1.54) is 57.8 Å². The Balaban J connectivity index is 1.83. The van der Waals surface area contributed by atoms with Crippen LogP contribution in [0.15, 0.2) is 0 Å². The van der Waals surface area contributed by atoms with Crippen molar-refractivity contribution < 1.29 is 5.11 Å². The first-order valence-electron chi connectivity index (χ1n) is 7.49. The predicted octanol–water partition coefficient (Wildman–Crippen LogP) is 4.14. The van der Waals surface area contributed by atoms with Gasteiger partial charge in [0, 0.05) is 0 Å². The Morgan fingerprint density at radius 1 is 1.00 bits per heavy atom. The molecule has 1 heteroatoms. The molecule has 2 aliphatic carbocycles. The van der Waals surface area contributed by atoms with Crippen molar-refractivity contribution in [2.24, 2.45) is 17.8 Å². The SMILES string of the molecule is CCC1CCCCC1C(O)CC1CCCC1. The van der Waals surface area contributed by atoms with Gasteiger partial charge in [-0.05, 0) is 30.6 Å². The minimum Gasteiger partial charge on any atom is -0.393 e. The van der Waals surface area contributed by atoms with Crippen LogP contribution in [-0.2, 0) is 0 Å². The van der Waals surface area contributed by atoms with Gasteiger partial charge >= 0.3 is 0 Å². The van der Waals surface area contributed by atoms with Crippen molar-refractivity contribution >= 4 is 0 Å². The van der Waals surface area contributed by atoms with Crippen LogP contribution in [0.4, 0.5) is 0 Å². The highest BCUT2D eigenvalue weighted by Gasteiger charge is 2.31. The van der Waals surface area contributed by atoms with Crippen molar-refractivity contribution in [2.45, 2.75) is 77.2 Å². The van der Waals surface area contributed by atoms with Crippen molar-refractivity contribution in [3.63, 3.8) is 0 Å². The molecular weight excluding hydrogens is 196 g/mol. The second-order valence-electron chi connectivity index (χ2n) is 6.07. The van der Waals surface area contributed by atoms with Crippen molar-refractivity contribution in [3.8, 4) is 0 Å². The van der Waals surface area contributed by atoms with Gasteiger partial charge in [-0.2, -0.15) is 0 Å². The lowest BCUT2D eigenvalue weighted by Crippen LogP contribution is -2.31. The molecule has 3 atom stereocenters. The predicted molar refractivity (Wildman–Crippen MR) is 68.3 cm³/mol. The number of hydrogen-bond donors (Lipinski definition) is 1. The molecule has 2 rings (SSSR count). The molecule has 0 saturated heterocycles. The maximum absolute atomic E-state index is 10.4. The van der Waals surface area contributed by atoms with Crippen molar-refractivity contribution in [1.29, 1.82) is 0 Å². The van der Waals surface area contributed by atoms with E-state index < -0.39 is 0 Å². The first-order valence-corrected chi connectivity index (χ1v) is 7.49. The van der Waals surface area contributed by atoms with Gasteiger partial charge in [-0.15, -0.1) is 0 Å². The van der Waals surface area contributed by atoms with Crippen LogP contribution in [0, 0.1) is 17.8 Å². The Labute approximate surface area is 101 Å². The molecule has 0 bridgehead atoms. The van der Waals surface area contributed by atoms with E-state index in [4.69, 9.17) is 0 Å². The van der Waals surface area contributed by atoms with E-state index in [1.807, 2.05) is 0 Å². The lowest BCUT2D eigenvalue weighted by atomic mass is 9.73. The van der Waals surface area contributed by atoms with Crippen LogP contribution in [0.5, 0.6) is 0 Å². The normalized spacial score (nSPS) is 34.1. The molecule has 0 radical (unpaired) electrons. The Hall–Kier alpha value is -0.0400. The van der Waals surface area contributed by atoms with E-state index >= 15 is 0 Å². The summed E-state index contributed by atoms with van der Waals surface area (Å²) in [6.45, 7) is 2.30. The minimum absolute atomic E-state index is 0.00773. The third-order valence-electron chi connectivity index (χ3n) is 5.04. The molecule has 16 heavy (non-hydrogen) atoms. The molecule has 0 heterocycles. The van der Waals surface area contributed by atoms with Crippen LogP contribution >= 0.6 is 0 Å². The summed E-state index contributed by atoms with van der Waals surface area (Å²) in [5, 5.41) is 10.4. The van der Waals surface area contributed by atoms with Crippen LogP contribution < -0.4 is 0 Å². The minimum atomic E-state index is 0.00773. The summed E-state index contributed by atoms with van der Waals surface area (Å²) in [5.41, 5.74) is 0. The molecule has 1 nitrogen and oxygen atoms in total. The van der Waals surface area contributed by atoms with Crippen molar-refractivity contribution in [1.82, 2.24) is 0 Å². The topological polar surface area (TPSA) is 20.2 Å². The van der Waals surface area contributed by atoms with Gasteiger partial charge in [0.05, 0.1) is 6.10 Å². The standard InChI is InChI=1S/C15H28O/c1-2-13-9-5-6-10-14(13)15(16)11-12-7-3-4-8-12/h12-16H,2-11H2,1H3. The molecule has 2 aliphatic rings. The monoisotopic (exact) mass is 224 g/mol. The number of rotatable bonds is 4. The highest BCUT2D eigenvalue weighted by molar-refractivity contribution is 4.82. The molecule has 0 spiro atoms. The number of aliphatic hydroxyl groups excluding tert-OH is 1. The van der Waals surface area contributed by atoms with Crippen LogP contribution in [0.2, 0.25) is 0 Å². The molecule has 0 amide bonds. The Kier molecular flexibility index (Phi) is 4.69. The maximum Gasteiger partial charge on any atom is 0.0573 e. The molecule has 0 aromatic heterocycles. The summed E-state index contributed by atoms with van der Waals surface area (Å²) >= 11 is 0. The summed E-state index contributed by atoms with van der Waals surface area (Å²) < 4.78 is 0. The van der Waals surface area contributed by atoms with Crippen LogP contribution in [0.1, 0.15) is 71.1 Å². The van der Waals surface area contributed by atoms with Gasteiger partial charge in [-0.1, -0.05) is 58.3 Å². The summed E-state index contributed by atoms with van der Waals surface area (Å²) in [4.78, 5) is 0. The van der Waals surface area contributed by atoms with E-state index in [0.717, 1.165) is 18.3 Å². The average molecular weight is 224 g/mol. The fourth-order valence-electron chi connectivity index (χ4n) is 4.01. The molecule has 0 aliphatic heterocycles. The summed E-state index contributed by atoms with van der Waals surface area (Å²) in [6, 6.07) is 0. The van der Waals surface area contributed by atoms with E-state index in [1.54, 1.807) is 0 Å². The molecule has 2 fully saturated rings. The summed E-state index contributed by atoms with van der Waals surface area (Å²) in [5.74, 6) is 2.28. The molecule has 1 N–H and O–H groups in total. The molecule has 3 unspecified atom stereocenters. The highest BCUT2D eigenvalue weighted by atomic mass is 16.3. The van der Waals surface area contributed by atoms with Gasteiger partial charge in [-0.25, -0.2) is 0 Å². The Morgan fingerprint density at radius 2 is 1.62 bits per heavy atom. The van der Waals surface area contributed by atoms with Gasteiger partial charge in [0.15, 0.2) is 0 Å². The Morgan fingerprint density at radius 3 is 2.31 bits per heavy atom. The van der Waals surface area contributed by atoms with Crippen LogP contribution in [-0.4, -0.2) is 11.2 Å². The molecule has 0 aromatic rings. The summed E-state index contributed by atoms with van der Waals surface area (Å²) in [7, 11) is 0. The van der Waals surface area contributed by atoms with Gasteiger partial charge in [0.25, 0.3) is 0 Å². The first-order chi connectivity index (χ1) is 7.81. The number of hydrogen-bond acceptors (Lipinski definition) is 1. The van der Waals surface area contributed by atoms with Gasteiger partial charge in [0.1, 0.15) is 0 Å². The van der Waals surface area contributed by atoms with Crippen LogP contribution in [0.3, 0.4) is 0 Å². The second kappa shape index (κ2) is 6.05. The van der Waals surface area contributed by atoms with E-state index in [0.29, 0.717) is 5.92 Å². The lowest BCUT2D eigenvalue weighted by Gasteiger charge is -2.35. The largest absolute Gasteiger partial charge is 0.393 e. The number of aliphatic hydroxyl groups is 1. The fraction of sp³-hybridized carbons (Fsp3) is 1.00. The van der Waals surface area contributed by atoms with E-state index in [-0.39, 0.29) is 6.10 Å². The third-order valence-corrected chi connectivity index (χ3v) is 5.04. The lowest BCUT2D eigenvalue weighted by molar-refractivity contribution is 0.0290. The van der Waals surface area contributed by atoms with Crippen molar-refractivity contribution in [2.75, 3.05) is 0 Å². The second-order valence-corrected chi connectivity index (χ2v) is 6.07. The zero-order chi connectivity index (χ0) is 11.4. The van der Waals surface area contributed by atoms with E-state index in [9.17, 15) is 5.11 Å². The highest BCUT2D eigenvalue weighted by Crippen LogP contribution is 2.38. The maximum atomic E-state index is 10.4. The fourth-order valence-corrected chi connectivity index (χ4v) is 4.01. The summed E-state index contributed by atoms with van der Waals surface area (Å²) in [6.07, 6.45) is 13.3. The molecule has 94 valence electrons. The molecule has 0 aromatic carbocycles. The third kappa shape index (κ3) is 3.00. The van der Waals surface area contributed by atoms with Gasteiger partial charge in [0.2, 0.25) is 0 Å². The van der Waals surface area contributed by atoms with Crippen LogP contribution in [0.25, 0.3) is 0 Å². The van der Waals surface area contributed by atoms with Gasteiger partial charge in [-0.3, -0.25) is 0 Å². The quantitative estimate of drug-likeness (QED) is 0.760. The van der Waals surface area contributed by atoms with E-state index in [2.05, 4.69) is 6.92 Å².